The number of alkyl halides is 3. The molecule has 2 N–H and O–H groups in total. The van der Waals surface area contributed by atoms with E-state index in [0.29, 0.717) is 0 Å². The molecule has 1 aromatic carbocycles. The molecule has 1 saturated heterocycles. The summed E-state index contributed by atoms with van der Waals surface area (Å²) in [6.45, 7) is 0.703. The molecule has 0 spiro atoms. The number of aliphatic hydroxyl groups is 1. The molecule has 0 unspecified atom stereocenters. The summed E-state index contributed by atoms with van der Waals surface area (Å²) < 4.78 is 42.5. The van der Waals surface area contributed by atoms with Gasteiger partial charge in [-0.15, -0.1) is 11.3 Å². The molecule has 1 aliphatic rings. The summed E-state index contributed by atoms with van der Waals surface area (Å²) >= 11 is 0.883. The topological polar surface area (TPSA) is 113 Å². The second kappa shape index (κ2) is 7.69. The monoisotopic (exact) mass is 443 g/mol. The highest BCUT2D eigenvalue weighted by molar-refractivity contribution is 7.12. The van der Waals surface area contributed by atoms with Crippen LogP contribution in [-0.4, -0.2) is 45.2 Å². The van der Waals surface area contributed by atoms with Gasteiger partial charge in [-0.2, -0.15) is 13.2 Å². The summed E-state index contributed by atoms with van der Waals surface area (Å²) in [5.41, 5.74) is -4.36. The molecular weight excluding hydrogens is 427 g/mol. The van der Waals surface area contributed by atoms with Gasteiger partial charge in [0.25, 0.3) is 11.4 Å². The van der Waals surface area contributed by atoms with Crippen LogP contribution in [0.1, 0.15) is 28.2 Å². The number of benzene rings is 1. The zero-order valence-electron chi connectivity index (χ0n) is 15.4. The minimum atomic E-state index is -5.38. The van der Waals surface area contributed by atoms with Gasteiger partial charge in [-0.1, -0.05) is 18.2 Å². The summed E-state index contributed by atoms with van der Waals surface area (Å²) in [5, 5.41) is 25.8. The largest absolute Gasteiger partial charge is 0.437 e. The Balaban J connectivity index is 2.24. The molecule has 3 atom stereocenters. The molecule has 2 amide bonds. The van der Waals surface area contributed by atoms with Crippen molar-refractivity contribution in [2.24, 2.45) is 5.92 Å². The van der Waals surface area contributed by atoms with Crippen LogP contribution in [-0.2, 0) is 0 Å². The van der Waals surface area contributed by atoms with Gasteiger partial charge in [0.15, 0.2) is 5.78 Å². The summed E-state index contributed by atoms with van der Waals surface area (Å²) in [4.78, 5) is 36.0. The van der Waals surface area contributed by atoms with Crippen molar-refractivity contribution in [3.8, 4) is 0 Å². The van der Waals surface area contributed by atoms with E-state index in [4.69, 9.17) is 0 Å². The number of nitrogens with one attached hydrogen (secondary N) is 1. The number of Topliss-reactive ketones (excluding diaryl/α,β-unsaturated/α-hetero) is 1. The van der Waals surface area contributed by atoms with Crippen molar-refractivity contribution < 1.29 is 32.8 Å². The van der Waals surface area contributed by atoms with Crippen LogP contribution in [0.5, 0.6) is 0 Å². The first-order valence-corrected chi connectivity index (χ1v) is 9.59. The number of non-ortho nitro benzene ring substituents is 1. The molecule has 8 nitrogen and oxygen atoms in total. The van der Waals surface area contributed by atoms with Crippen molar-refractivity contribution in [2.75, 3.05) is 6.54 Å². The van der Waals surface area contributed by atoms with E-state index in [9.17, 15) is 38.0 Å². The molecule has 160 valence electrons. The van der Waals surface area contributed by atoms with Gasteiger partial charge in [0.1, 0.15) is 5.92 Å². The molecule has 0 radical (unpaired) electrons. The molecule has 1 aliphatic heterocycles. The third-order valence-electron chi connectivity index (χ3n) is 4.92. The van der Waals surface area contributed by atoms with E-state index in [1.165, 1.54) is 36.6 Å². The normalized spacial score (nSPS) is 24.4. The minimum Gasteiger partial charge on any atom is -0.363 e. The molecule has 12 heteroatoms. The lowest BCUT2D eigenvalue weighted by Crippen LogP contribution is -2.73. The number of carbonyl (C=O) groups is 2. The number of rotatable bonds is 5. The van der Waals surface area contributed by atoms with Crippen molar-refractivity contribution in [3.63, 3.8) is 0 Å². The zero-order valence-corrected chi connectivity index (χ0v) is 16.2. The second-order valence-electron chi connectivity index (χ2n) is 6.57. The van der Waals surface area contributed by atoms with Gasteiger partial charge in [-0.05, 0) is 23.9 Å². The highest BCUT2D eigenvalue weighted by Crippen LogP contribution is 2.48. The molecule has 1 aromatic heterocycles. The maximum absolute atomic E-state index is 14.2. The predicted molar refractivity (Wildman–Crippen MR) is 99.9 cm³/mol. The van der Waals surface area contributed by atoms with Crippen LogP contribution < -0.4 is 5.32 Å². The second-order valence-corrected chi connectivity index (χ2v) is 7.51. The highest BCUT2D eigenvalue weighted by Gasteiger charge is 2.69. The third kappa shape index (κ3) is 3.41. The SMILES string of the molecule is CCN1C(=O)N[C@H](c2cccc([N+](=O)[O-])c2)[C@@H](C(=O)c2cccs2)[C@@]1(O)C(F)(F)F. The number of ketones is 1. The number of amides is 2. The van der Waals surface area contributed by atoms with Crippen LogP contribution in [0.2, 0.25) is 0 Å². The Morgan fingerprint density at radius 1 is 1.37 bits per heavy atom. The lowest BCUT2D eigenvalue weighted by atomic mass is 9.77. The lowest BCUT2D eigenvalue weighted by molar-refractivity contribution is -0.385. The number of hydrogen-bond donors (Lipinski definition) is 2. The predicted octanol–water partition coefficient (Wildman–Crippen LogP) is 3.49. The lowest BCUT2D eigenvalue weighted by Gasteiger charge is -2.50. The average Bonchev–Trinajstić information content (AvgIpc) is 3.21. The maximum Gasteiger partial charge on any atom is 0.437 e. The summed E-state index contributed by atoms with van der Waals surface area (Å²) in [7, 11) is 0. The van der Waals surface area contributed by atoms with Crippen molar-refractivity contribution in [2.45, 2.75) is 24.9 Å². The number of carbonyl (C=O) groups excluding carboxylic acids is 2. The Morgan fingerprint density at radius 2 is 2.07 bits per heavy atom. The van der Waals surface area contributed by atoms with Crippen molar-refractivity contribution in [1.82, 2.24) is 10.2 Å². The van der Waals surface area contributed by atoms with Gasteiger partial charge in [-0.25, -0.2) is 4.79 Å². The molecule has 3 rings (SSSR count). The number of nitrogens with zero attached hydrogens (tertiary/aromatic N) is 2. The van der Waals surface area contributed by atoms with E-state index in [-0.39, 0.29) is 15.3 Å². The fraction of sp³-hybridized carbons (Fsp3) is 0.333. The van der Waals surface area contributed by atoms with Crippen LogP contribution in [0.25, 0.3) is 0 Å². The standard InChI is InChI=1S/C18H16F3N3O5S/c1-2-23-16(26)22-14(10-5-3-6-11(9-10)24(28)29)13(17(23,27)18(19,20)21)15(25)12-7-4-8-30-12/h3-9,13-14,27H,2H2,1H3,(H,22,26)/t13-,14+,17+/m0/s1. The highest BCUT2D eigenvalue weighted by atomic mass is 32.1. The van der Waals surface area contributed by atoms with E-state index >= 15 is 0 Å². The number of thiophene rings is 1. The molecule has 30 heavy (non-hydrogen) atoms. The third-order valence-corrected chi connectivity index (χ3v) is 5.81. The van der Waals surface area contributed by atoms with Crippen LogP contribution in [0.15, 0.2) is 41.8 Å². The molecule has 0 saturated carbocycles. The fourth-order valence-corrected chi connectivity index (χ4v) is 4.28. The Bertz CT molecular complexity index is 982. The molecule has 0 aliphatic carbocycles. The smallest absolute Gasteiger partial charge is 0.363 e. The van der Waals surface area contributed by atoms with Crippen molar-refractivity contribution in [1.29, 1.82) is 0 Å². The summed E-state index contributed by atoms with van der Waals surface area (Å²) in [6, 6.07) is 4.45. The number of halogens is 3. The molecular formula is C18H16F3N3O5S. The van der Waals surface area contributed by atoms with E-state index in [1.54, 1.807) is 0 Å². The van der Waals surface area contributed by atoms with Crippen molar-refractivity contribution >= 4 is 28.8 Å². The molecule has 0 bridgehead atoms. The molecule has 2 aromatic rings. The van der Waals surface area contributed by atoms with Gasteiger partial charge in [0, 0.05) is 18.7 Å². The van der Waals surface area contributed by atoms with E-state index in [0.717, 1.165) is 23.5 Å². The van der Waals surface area contributed by atoms with Gasteiger partial charge >= 0.3 is 12.2 Å². The molecule has 2 heterocycles. The summed E-state index contributed by atoms with van der Waals surface area (Å²) in [5.74, 6) is -3.24. The van der Waals surface area contributed by atoms with E-state index in [2.05, 4.69) is 5.32 Å². The fourth-order valence-electron chi connectivity index (χ4n) is 3.58. The Labute approximate surface area is 172 Å². The van der Waals surface area contributed by atoms with Crippen LogP contribution in [0.4, 0.5) is 23.7 Å². The number of nitro groups is 1. The van der Waals surface area contributed by atoms with E-state index < -0.39 is 52.8 Å². The quantitative estimate of drug-likeness (QED) is 0.417. The minimum absolute atomic E-state index is 0.0506. The Hall–Kier alpha value is -2.99. The molecule has 1 fully saturated rings. The first kappa shape index (κ1) is 21.7. The van der Waals surface area contributed by atoms with Gasteiger partial charge in [0.2, 0.25) is 0 Å². The first-order chi connectivity index (χ1) is 14.0. The van der Waals surface area contributed by atoms with Crippen molar-refractivity contribution in [3.05, 3.63) is 62.3 Å². The van der Waals surface area contributed by atoms with Gasteiger partial charge in [0.05, 0.1) is 15.8 Å². The van der Waals surface area contributed by atoms with Gasteiger partial charge < -0.3 is 10.4 Å². The van der Waals surface area contributed by atoms with E-state index in [1.807, 2.05) is 0 Å². The number of nitro benzene ring substituents is 1. The van der Waals surface area contributed by atoms with Crippen LogP contribution in [0.3, 0.4) is 0 Å². The Kier molecular flexibility index (Phi) is 5.56. The summed E-state index contributed by atoms with van der Waals surface area (Å²) in [6.07, 6.45) is -5.38. The van der Waals surface area contributed by atoms with Crippen LogP contribution >= 0.6 is 11.3 Å². The number of hydrogen-bond acceptors (Lipinski definition) is 6. The van der Waals surface area contributed by atoms with Crippen LogP contribution in [0, 0.1) is 16.0 Å². The number of urea groups is 1. The Morgan fingerprint density at radius 3 is 2.60 bits per heavy atom. The zero-order chi connectivity index (χ0) is 22.3. The first-order valence-electron chi connectivity index (χ1n) is 8.71. The average molecular weight is 443 g/mol. The van der Waals surface area contributed by atoms with Gasteiger partial charge in [-0.3, -0.25) is 19.8 Å². The maximum atomic E-state index is 14.2.